The lowest BCUT2D eigenvalue weighted by Gasteiger charge is -2.39. The zero-order chi connectivity index (χ0) is 18.4. The number of ether oxygens (including phenoxy) is 1. The topological polar surface area (TPSA) is 81.5 Å². The van der Waals surface area contributed by atoms with E-state index in [1.807, 2.05) is 0 Å². The Kier molecular flexibility index (Phi) is 6.93. The number of carbonyl (C=O) groups excluding carboxylic acids is 1. The molecule has 0 radical (unpaired) electrons. The molecule has 6 heteroatoms. The van der Waals surface area contributed by atoms with Gasteiger partial charge in [0, 0.05) is 24.7 Å². The molecular weight excluding hydrogens is 320 g/mol. The second-order valence-electron chi connectivity index (χ2n) is 7.24. The van der Waals surface area contributed by atoms with Crippen LogP contribution in [0.2, 0.25) is 0 Å². The Labute approximate surface area is 149 Å². The van der Waals surface area contributed by atoms with Crippen molar-refractivity contribution >= 4 is 11.7 Å². The Morgan fingerprint density at radius 3 is 2.60 bits per heavy atom. The van der Waals surface area contributed by atoms with E-state index in [2.05, 4.69) is 26.1 Å². The van der Waals surface area contributed by atoms with Gasteiger partial charge in [-0.3, -0.25) is 10.1 Å². The zero-order valence-electron chi connectivity index (χ0n) is 15.2. The van der Waals surface area contributed by atoms with Crippen LogP contribution in [0.5, 0.6) is 0 Å². The summed E-state index contributed by atoms with van der Waals surface area (Å²) in [4.78, 5) is 22.1. The Hall–Kier alpha value is -1.95. The Bertz CT molecular complexity index is 586. The number of non-ortho nitro benzene ring substituents is 1. The fraction of sp³-hybridized carbons (Fsp3) is 0.632. The van der Waals surface area contributed by atoms with E-state index in [0.29, 0.717) is 42.5 Å². The summed E-state index contributed by atoms with van der Waals surface area (Å²) in [7, 11) is 0. The first kappa shape index (κ1) is 19.4. The molecular formula is C19H28N2O4. The lowest BCUT2D eigenvalue weighted by molar-refractivity contribution is -0.384. The highest BCUT2D eigenvalue weighted by atomic mass is 16.6. The summed E-state index contributed by atoms with van der Waals surface area (Å²) in [6.45, 7) is 7.74. The van der Waals surface area contributed by atoms with Gasteiger partial charge in [0.2, 0.25) is 0 Å². The average molecular weight is 348 g/mol. The van der Waals surface area contributed by atoms with Crippen LogP contribution in [-0.4, -0.2) is 30.1 Å². The first-order valence-electron chi connectivity index (χ1n) is 9.05. The molecule has 1 N–H and O–H groups in total. The number of hydrogen-bond donors (Lipinski definition) is 1. The molecule has 1 aliphatic carbocycles. The number of benzene rings is 1. The quantitative estimate of drug-likeness (QED) is 0.351. The largest absolute Gasteiger partial charge is 0.461 e. The molecule has 3 atom stereocenters. The van der Waals surface area contributed by atoms with Gasteiger partial charge < -0.3 is 10.1 Å². The number of nitro benzene ring substituents is 1. The summed E-state index contributed by atoms with van der Waals surface area (Å²) in [5.41, 5.74) is 0.293. The lowest BCUT2D eigenvalue weighted by atomic mass is 9.73. The molecule has 25 heavy (non-hydrogen) atoms. The van der Waals surface area contributed by atoms with Crippen LogP contribution in [0, 0.1) is 27.9 Å². The van der Waals surface area contributed by atoms with Crippen molar-refractivity contribution < 1.29 is 14.5 Å². The molecule has 0 heterocycles. The van der Waals surface area contributed by atoms with Crippen molar-refractivity contribution in [2.75, 3.05) is 13.2 Å². The monoisotopic (exact) mass is 348 g/mol. The molecule has 1 aromatic carbocycles. The number of nitro groups is 1. The third-order valence-corrected chi connectivity index (χ3v) is 5.16. The van der Waals surface area contributed by atoms with Crippen molar-refractivity contribution in [3.8, 4) is 0 Å². The Balaban J connectivity index is 1.79. The van der Waals surface area contributed by atoms with Crippen molar-refractivity contribution in [2.45, 2.75) is 46.1 Å². The van der Waals surface area contributed by atoms with E-state index in [9.17, 15) is 14.9 Å². The summed E-state index contributed by atoms with van der Waals surface area (Å²) in [6, 6.07) is 5.93. The smallest absolute Gasteiger partial charge is 0.338 e. The van der Waals surface area contributed by atoms with Crippen LogP contribution in [0.3, 0.4) is 0 Å². The molecule has 138 valence electrons. The van der Waals surface area contributed by atoms with E-state index in [1.54, 1.807) is 0 Å². The summed E-state index contributed by atoms with van der Waals surface area (Å²) in [5.74, 6) is 1.48. The standard InChI is InChI=1S/C19H28N2O4/c1-13(2)17-6-4-5-14(3)18(17)20-11-12-25-19(22)15-7-9-16(10-8-15)21(23)24/h7-10,13-14,17-18,20H,4-6,11-12H2,1-3H3/t14-,17+,18-/m1/s1. The molecule has 0 saturated heterocycles. The Morgan fingerprint density at radius 2 is 2.00 bits per heavy atom. The number of hydrogen-bond acceptors (Lipinski definition) is 5. The van der Waals surface area contributed by atoms with Crippen LogP contribution in [0.25, 0.3) is 0 Å². The van der Waals surface area contributed by atoms with Crippen LogP contribution >= 0.6 is 0 Å². The van der Waals surface area contributed by atoms with Gasteiger partial charge in [0.1, 0.15) is 6.61 Å². The zero-order valence-corrected chi connectivity index (χ0v) is 15.2. The maximum atomic E-state index is 12.0. The fourth-order valence-electron chi connectivity index (χ4n) is 3.73. The SMILES string of the molecule is CC(C)[C@@H]1CCC[C@@H](C)[C@H]1NCCOC(=O)c1ccc([N+](=O)[O-])cc1. The summed E-state index contributed by atoms with van der Waals surface area (Å²) >= 11 is 0. The predicted octanol–water partition coefficient (Wildman–Crippen LogP) is 3.80. The van der Waals surface area contributed by atoms with Crippen molar-refractivity contribution in [2.24, 2.45) is 17.8 Å². The Morgan fingerprint density at radius 1 is 1.32 bits per heavy atom. The molecule has 0 aliphatic heterocycles. The first-order chi connectivity index (χ1) is 11.9. The van der Waals surface area contributed by atoms with Crippen LogP contribution in [0.4, 0.5) is 5.69 Å². The molecule has 1 aliphatic rings. The van der Waals surface area contributed by atoms with Crippen molar-refractivity contribution in [1.82, 2.24) is 5.32 Å². The highest BCUT2D eigenvalue weighted by molar-refractivity contribution is 5.89. The maximum absolute atomic E-state index is 12.0. The van der Waals surface area contributed by atoms with E-state index in [1.165, 1.54) is 43.5 Å². The molecule has 0 bridgehead atoms. The van der Waals surface area contributed by atoms with E-state index in [-0.39, 0.29) is 5.69 Å². The van der Waals surface area contributed by atoms with Gasteiger partial charge in [-0.2, -0.15) is 0 Å². The molecule has 1 aromatic rings. The van der Waals surface area contributed by atoms with Crippen molar-refractivity contribution in [3.63, 3.8) is 0 Å². The summed E-state index contributed by atoms with van der Waals surface area (Å²) in [6.07, 6.45) is 3.78. The van der Waals surface area contributed by atoms with Crippen LogP contribution in [-0.2, 0) is 4.74 Å². The number of carbonyl (C=O) groups is 1. The molecule has 0 unspecified atom stereocenters. The highest BCUT2D eigenvalue weighted by Gasteiger charge is 2.31. The van der Waals surface area contributed by atoms with E-state index >= 15 is 0 Å². The van der Waals surface area contributed by atoms with Crippen LogP contribution in [0.15, 0.2) is 24.3 Å². The third kappa shape index (κ3) is 5.26. The number of nitrogens with zero attached hydrogens (tertiary/aromatic N) is 1. The highest BCUT2D eigenvalue weighted by Crippen LogP contribution is 2.33. The lowest BCUT2D eigenvalue weighted by Crippen LogP contribution is -2.46. The second kappa shape index (κ2) is 8.94. The molecule has 6 nitrogen and oxygen atoms in total. The van der Waals surface area contributed by atoms with Crippen molar-refractivity contribution in [3.05, 3.63) is 39.9 Å². The van der Waals surface area contributed by atoms with E-state index in [0.717, 1.165) is 0 Å². The van der Waals surface area contributed by atoms with E-state index < -0.39 is 10.9 Å². The predicted molar refractivity (Wildman–Crippen MR) is 96.5 cm³/mol. The third-order valence-electron chi connectivity index (χ3n) is 5.16. The molecule has 0 amide bonds. The first-order valence-corrected chi connectivity index (χ1v) is 9.05. The maximum Gasteiger partial charge on any atom is 0.338 e. The minimum absolute atomic E-state index is 0.0377. The van der Waals surface area contributed by atoms with E-state index in [4.69, 9.17) is 4.74 Å². The second-order valence-corrected chi connectivity index (χ2v) is 7.24. The molecule has 0 aromatic heterocycles. The number of rotatable bonds is 7. The van der Waals surface area contributed by atoms with Crippen LogP contribution < -0.4 is 5.32 Å². The summed E-state index contributed by atoms with van der Waals surface area (Å²) in [5, 5.41) is 14.2. The average Bonchev–Trinajstić information content (AvgIpc) is 2.59. The van der Waals surface area contributed by atoms with Gasteiger partial charge in [-0.05, 0) is 42.7 Å². The minimum Gasteiger partial charge on any atom is -0.461 e. The van der Waals surface area contributed by atoms with Gasteiger partial charge in [-0.1, -0.05) is 27.2 Å². The van der Waals surface area contributed by atoms with Gasteiger partial charge in [-0.25, -0.2) is 4.79 Å². The van der Waals surface area contributed by atoms with Gasteiger partial charge in [0.25, 0.3) is 5.69 Å². The normalized spacial score (nSPS) is 23.4. The van der Waals surface area contributed by atoms with Crippen molar-refractivity contribution in [1.29, 1.82) is 0 Å². The molecule has 1 fully saturated rings. The number of esters is 1. The summed E-state index contributed by atoms with van der Waals surface area (Å²) < 4.78 is 5.28. The molecule has 0 spiro atoms. The number of nitrogens with one attached hydrogen (secondary N) is 1. The van der Waals surface area contributed by atoms with Gasteiger partial charge in [0.15, 0.2) is 0 Å². The molecule has 1 saturated carbocycles. The van der Waals surface area contributed by atoms with Gasteiger partial charge >= 0.3 is 5.97 Å². The van der Waals surface area contributed by atoms with Crippen LogP contribution in [0.1, 0.15) is 50.4 Å². The van der Waals surface area contributed by atoms with Gasteiger partial charge in [-0.15, -0.1) is 0 Å². The van der Waals surface area contributed by atoms with Gasteiger partial charge in [0.05, 0.1) is 10.5 Å². The molecule has 2 rings (SSSR count). The minimum atomic E-state index is -0.491. The fourth-order valence-corrected chi connectivity index (χ4v) is 3.73.